The molecule has 0 aliphatic heterocycles. The first-order chi connectivity index (χ1) is 24.1. The first-order valence-electron chi connectivity index (χ1n) is 19.5. The molecule has 0 aromatic carbocycles. The second kappa shape index (κ2) is 34.3. The van der Waals surface area contributed by atoms with Crippen molar-refractivity contribution in [1.29, 1.82) is 0 Å². The van der Waals surface area contributed by atoms with Crippen molar-refractivity contribution in [1.82, 2.24) is 0 Å². The molecular formula is C41H75NO7P+. The Balaban J connectivity index is 4.00. The van der Waals surface area contributed by atoms with Crippen molar-refractivity contribution in [3.05, 3.63) is 60.8 Å². The van der Waals surface area contributed by atoms with Crippen molar-refractivity contribution in [2.45, 2.75) is 142 Å². The number of unbranched alkanes of at least 4 members (excludes halogenated alkanes) is 11. The fraction of sp³-hybridized carbons (Fsp3) is 0.732. The second-order valence-corrected chi connectivity index (χ2v) is 15.4. The first kappa shape index (κ1) is 48.2. The number of quaternary nitrogens is 1. The molecule has 2 unspecified atom stereocenters. The van der Waals surface area contributed by atoms with E-state index in [1.165, 1.54) is 38.5 Å². The summed E-state index contributed by atoms with van der Waals surface area (Å²) < 4.78 is 34.5. The number of rotatable bonds is 35. The lowest BCUT2D eigenvalue weighted by Crippen LogP contribution is -2.37. The molecule has 0 radical (unpaired) electrons. The Morgan fingerprint density at radius 1 is 0.640 bits per heavy atom. The molecule has 0 saturated heterocycles. The van der Waals surface area contributed by atoms with Crippen LogP contribution >= 0.6 is 7.82 Å². The molecule has 1 N–H and O–H groups in total. The van der Waals surface area contributed by atoms with Gasteiger partial charge in [-0.2, -0.15) is 0 Å². The van der Waals surface area contributed by atoms with E-state index in [-0.39, 0.29) is 25.8 Å². The third-order valence-corrected chi connectivity index (χ3v) is 8.83. The monoisotopic (exact) mass is 725 g/mol. The highest BCUT2D eigenvalue weighted by Crippen LogP contribution is 2.43. The van der Waals surface area contributed by atoms with E-state index in [2.05, 4.69) is 74.6 Å². The lowest BCUT2D eigenvalue weighted by molar-refractivity contribution is -0.870. The number of nitrogens with zero attached hydrogens (tertiary/aromatic N) is 1. The van der Waals surface area contributed by atoms with E-state index in [4.69, 9.17) is 18.5 Å². The molecule has 9 heteroatoms. The minimum absolute atomic E-state index is 0.0841. The minimum atomic E-state index is -4.26. The molecule has 50 heavy (non-hydrogen) atoms. The van der Waals surface area contributed by atoms with Crippen molar-refractivity contribution in [3.8, 4) is 0 Å². The number of esters is 1. The van der Waals surface area contributed by atoms with Crippen LogP contribution in [0.1, 0.15) is 136 Å². The summed E-state index contributed by atoms with van der Waals surface area (Å²) in [5, 5.41) is 0. The molecule has 0 fully saturated rings. The number of carbonyl (C=O) groups excluding carboxylic acids is 1. The van der Waals surface area contributed by atoms with Gasteiger partial charge >= 0.3 is 13.8 Å². The summed E-state index contributed by atoms with van der Waals surface area (Å²) >= 11 is 0. The Morgan fingerprint density at radius 2 is 1.16 bits per heavy atom. The molecule has 8 nitrogen and oxygen atoms in total. The number of likely N-dealkylation sites (N-methyl/N-ethyl adjacent to an activating group) is 1. The van der Waals surface area contributed by atoms with Crippen LogP contribution in [0.25, 0.3) is 0 Å². The fourth-order valence-electron chi connectivity index (χ4n) is 4.81. The lowest BCUT2D eigenvalue weighted by atomic mass is 10.1. The van der Waals surface area contributed by atoms with E-state index in [0.29, 0.717) is 24.1 Å². The predicted molar refractivity (Wildman–Crippen MR) is 210 cm³/mol. The van der Waals surface area contributed by atoms with Crippen LogP contribution in [-0.4, -0.2) is 75.6 Å². The molecular weight excluding hydrogens is 649 g/mol. The summed E-state index contributed by atoms with van der Waals surface area (Å²) in [6.45, 7) is 5.34. The number of hydrogen-bond donors (Lipinski definition) is 1. The third-order valence-electron chi connectivity index (χ3n) is 7.84. The largest absolute Gasteiger partial charge is 0.472 e. The van der Waals surface area contributed by atoms with Crippen molar-refractivity contribution < 1.29 is 37.3 Å². The average Bonchev–Trinajstić information content (AvgIpc) is 3.06. The highest BCUT2D eigenvalue weighted by atomic mass is 31.2. The Bertz CT molecular complexity index is 984. The summed E-state index contributed by atoms with van der Waals surface area (Å²) in [6, 6.07) is 0. The molecule has 0 aromatic rings. The predicted octanol–water partition coefficient (Wildman–Crippen LogP) is 11.0. The van der Waals surface area contributed by atoms with Gasteiger partial charge in [0.15, 0.2) is 0 Å². The molecule has 0 spiro atoms. The number of phosphoric acid groups is 1. The van der Waals surface area contributed by atoms with Crippen molar-refractivity contribution in [2.24, 2.45) is 0 Å². The average molecular weight is 725 g/mol. The molecule has 0 aliphatic rings. The highest BCUT2D eigenvalue weighted by Gasteiger charge is 2.26. The van der Waals surface area contributed by atoms with Crippen molar-refractivity contribution in [3.63, 3.8) is 0 Å². The van der Waals surface area contributed by atoms with Gasteiger partial charge in [-0.05, 0) is 57.8 Å². The topological polar surface area (TPSA) is 91.3 Å². The van der Waals surface area contributed by atoms with Crippen LogP contribution in [0.4, 0.5) is 0 Å². The Morgan fingerprint density at radius 3 is 1.72 bits per heavy atom. The summed E-state index contributed by atoms with van der Waals surface area (Å²) in [5.74, 6) is -0.338. The lowest BCUT2D eigenvalue weighted by Gasteiger charge is -2.24. The van der Waals surface area contributed by atoms with E-state index in [9.17, 15) is 14.3 Å². The van der Waals surface area contributed by atoms with Crippen LogP contribution in [0.5, 0.6) is 0 Å². The summed E-state index contributed by atoms with van der Waals surface area (Å²) in [5.41, 5.74) is 0. The van der Waals surface area contributed by atoms with Gasteiger partial charge in [-0.15, -0.1) is 0 Å². The van der Waals surface area contributed by atoms with Gasteiger partial charge in [-0.1, -0.05) is 132 Å². The molecule has 0 rings (SSSR count). The molecule has 0 aliphatic carbocycles. The third kappa shape index (κ3) is 37.5. The van der Waals surface area contributed by atoms with Gasteiger partial charge in [0.05, 0.1) is 34.4 Å². The van der Waals surface area contributed by atoms with Crippen LogP contribution in [0.15, 0.2) is 60.8 Å². The molecule has 0 saturated carbocycles. The normalized spacial score (nSPS) is 14.6. The van der Waals surface area contributed by atoms with Crippen LogP contribution in [0.2, 0.25) is 0 Å². The number of allylic oxidation sites excluding steroid dienone is 10. The van der Waals surface area contributed by atoms with Crippen molar-refractivity contribution >= 4 is 13.8 Å². The van der Waals surface area contributed by atoms with Gasteiger partial charge in [0, 0.05) is 13.0 Å². The molecule has 2 atom stereocenters. The Labute approximate surface area is 307 Å². The molecule has 0 bridgehead atoms. The van der Waals surface area contributed by atoms with E-state index in [1.54, 1.807) is 0 Å². The SMILES string of the molecule is CC/C=C\C/C=C\C/C=C\C/C=C\C/C=C\CCCCCCCCCCOCC(COP(=O)(O)OCC[N+](C)(C)C)OC(=O)CCCCCC. The first-order valence-corrected chi connectivity index (χ1v) is 21.0. The zero-order chi connectivity index (χ0) is 37.0. The van der Waals surface area contributed by atoms with Gasteiger partial charge in [0.2, 0.25) is 0 Å². The summed E-state index contributed by atoms with van der Waals surface area (Å²) in [4.78, 5) is 22.4. The molecule has 290 valence electrons. The fourth-order valence-corrected chi connectivity index (χ4v) is 5.55. The van der Waals surface area contributed by atoms with Gasteiger partial charge in [0.1, 0.15) is 19.3 Å². The van der Waals surface area contributed by atoms with E-state index in [0.717, 1.165) is 77.0 Å². The maximum atomic E-state index is 12.4. The summed E-state index contributed by atoms with van der Waals surface area (Å²) in [7, 11) is 1.65. The Hall–Kier alpha value is -1.80. The zero-order valence-electron chi connectivity index (χ0n) is 32.6. The quantitative estimate of drug-likeness (QED) is 0.0229. The van der Waals surface area contributed by atoms with Crippen LogP contribution in [-0.2, 0) is 27.9 Å². The van der Waals surface area contributed by atoms with E-state index < -0.39 is 13.9 Å². The van der Waals surface area contributed by atoms with Crippen molar-refractivity contribution in [2.75, 3.05) is 54.1 Å². The smallest absolute Gasteiger partial charge is 0.457 e. The van der Waals surface area contributed by atoms with Gasteiger partial charge in [-0.3, -0.25) is 13.8 Å². The van der Waals surface area contributed by atoms with Crippen LogP contribution in [0, 0.1) is 0 Å². The van der Waals surface area contributed by atoms with Gasteiger partial charge in [-0.25, -0.2) is 4.57 Å². The van der Waals surface area contributed by atoms with Gasteiger partial charge in [0.25, 0.3) is 0 Å². The number of carbonyl (C=O) groups is 1. The van der Waals surface area contributed by atoms with Crippen LogP contribution in [0.3, 0.4) is 0 Å². The number of hydrogen-bond acceptors (Lipinski definition) is 6. The molecule has 0 heterocycles. The molecule has 0 amide bonds. The maximum Gasteiger partial charge on any atom is 0.472 e. The second-order valence-electron chi connectivity index (χ2n) is 13.9. The number of phosphoric ester groups is 1. The summed E-state index contributed by atoms with van der Waals surface area (Å²) in [6.07, 6.45) is 41.7. The Kier molecular flexibility index (Phi) is 33.1. The number of ether oxygens (including phenoxy) is 2. The zero-order valence-corrected chi connectivity index (χ0v) is 33.5. The highest BCUT2D eigenvalue weighted by molar-refractivity contribution is 7.47. The minimum Gasteiger partial charge on any atom is -0.457 e. The standard InChI is InChI=1S/C41H74NO7P/c1-6-8-10-12-13-14-15-16-17-18-19-20-21-22-23-24-25-26-27-28-29-30-31-33-36-46-38-40(49-41(43)34-32-11-9-7-2)39-48-50(44,45)47-37-35-42(3,4)5/h8,10,13-14,16-17,19-20,22-23,40H,6-7,9,11-12,15,18,21,24-39H2,1-5H3/p+1/b10-8-,14-13-,17-16-,20-19-,23-22-. The van der Waals surface area contributed by atoms with Gasteiger partial charge < -0.3 is 18.9 Å². The van der Waals surface area contributed by atoms with E-state index in [1.807, 2.05) is 21.1 Å². The maximum absolute atomic E-state index is 12.4. The van der Waals surface area contributed by atoms with E-state index >= 15 is 0 Å². The molecule has 0 aromatic heterocycles. The van der Waals surface area contributed by atoms with Crippen LogP contribution < -0.4 is 0 Å².